The van der Waals surface area contributed by atoms with Crippen LogP contribution in [0.3, 0.4) is 0 Å². The molecule has 0 saturated carbocycles. The van der Waals surface area contributed by atoms with Crippen LogP contribution in [0.4, 0.5) is 11.5 Å². The summed E-state index contributed by atoms with van der Waals surface area (Å²) in [7, 11) is 1.65. The van der Waals surface area contributed by atoms with Crippen LogP contribution in [0.15, 0.2) is 36.5 Å². The number of pyridine rings is 1. The van der Waals surface area contributed by atoms with Crippen molar-refractivity contribution in [2.75, 3.05) is 32.1 Å². The van der Waals surface area contributed by atoms with E-state index in [1.54, 1.807) is 13.2 Å². The molecule has 1 N–H and O–H groups in total. The maximum Gasteiger partial charge on any atom is 0.287 e. The van der Waals surface area contributed by atoms with E-state index in [0.29, 0.717) is 18.5 Å². The van der Waals surface area contributed by atoms with E-state index >= 15 is 0 Å². The second kappa shape index (κ2) is 9.36. The lowest BCUT2D eigenvalue weighted by Crippen LogP contribution is -2.38. The van der Waals surface area contributed by atoms with Crippen molar-refractivity contribution in [2.24, 2.45) is 0 Å². The molecule has 0 amide bonds. The van der Waals surface area contributed by atoms with Crippen LogP contribution in [-0.4, -0.2) is 47.7 Å². The molecular formula is C20H26N4O4. The fourth-order valence-corrected chi connectivity index (χ4v) is 3.37. The van der Waals surface area contributed by atoms with Gasteiger partial charge in [0.15, 0.2) is 11.5 Å². The second-order valence-corrected chi connectivity index (χ2v) is 6.77. The van der Waals surface area contributed by atoms with Gasteiger partial charge in [-0.25, -0.2) is 4.98 Å². The molecule has 150 valence electrons. The Bertz CT molecular complexity index is 789. The van der Waals surface area contributed by atoms with E-state index in [-0.39, 0.29) is 5.69 Å². The molecule has 0 radical (unpaired) electrons. The van der Waals surface area contributed by atoms with Crippen LogP contribution >= 0.6 is 0 Å². The highest BCUT2D eigenvalue weighted by molar-refractivity contribution is 5.43. The summed E-state index contributed by atoms with van der Waals surface area (Å²) in [6.07, 6.45) is 3.28. The molecular weight excluding hydrogens is 360 g/mol. The number of aromatic nitrogens is 1. The third-order valence-corrected chi connectivity index (χ3v) is 4.83. The van der Waals surface area contributed by atoms with Crippen molar-refractivity contribution in [1.29, 1.82) is 0 Å². The zero-order valence-electron chi connectivity index (χ0n) is 16.3. The number of likely N-dealkylation sites (tertiary alicyclic amines) is 1. The van der Waals surface area contributed by atoms with Gasteiger partial charge >= 0.3 is 0 Å². The van der Waals surface area contributed by atoms with Gasteiger partial charge in [-0.15, -0.1) is 0 Å². The number of benzene rings is 1. The molecule has 1 aliphatic heterocycles. The minimum atomic E-state index is -0.439. The third-order valence-electron chi connectivity index (χ3n) is 4.83. The molecule has 1 aliphatic rings. The number of anilines is 1. The van der Waals surface area contributed by atoms with E-state index in [9.17, 15) is 10.1 Å². The third kappa shape index (κ3) is 5.10. The Kier molecular flexibility index (Phi) is 6.65. The number of rotatable bonds is 8. The van der Waals surface area contributed by atoms with Crippen molar-refractivity contribution >= 4 is 11.5 Å². The van der Waals surface area contributed by atoms with E-state index in [0.717, 1.165) is 44.0 Å². The van der Waals surface area contributed by atoms with Gasteiger partial charge in [0.1, 0.15) is 12.0 Å². The van der Waals surface area contributed by atoms with Crippen LogP contribution in [-0.2, 0) is 6.54 Å². The predicted molar refractivity (Wildman–Crippen MR) is 107 cm³/mol. The van der Waals surface area contributed by atoms with Crippen molar-refractivity contribution in [3.8, 4) is 11.5 Å². The van der Waals surface area contributed by atoms with Gasteiger partial charge in [0.25, 0.3) is 5.69 Å². The van der Waals surface area contributed by atoms with Crippen LogP contribution in [0.1, 0.15) is 25.3 Å². The Labute approximate surface area is 164 Å². The summed E-state index contributed by atoms with van der Waals surface area (Å²) >= 11 is 0. The largest absolute Gasteiger partial charge is 0.493 e. The van der Waals surface area contributed by atoms with E-state index in [1.165, 1.54) is 17.8 Å². The molecule has 1 aromatic carbocycles. The summed E-state index contributed by atoms with van der Waals surface area (Å²) in [5.74, 6) is 2.22. The van der Waals surface area contributed by atoms with E-state index in [4.69, 9.17) is 9.47 Å². The van der Waals surface area contributed by atoms with Gasteiger partial charge in [0.05, 0.1) is 18.6 Å². The molecule has 28 heavy (non-hydrogen) atoms. The molecule has 0 spiro atoms. The number of methoxy groups -OCH3 is 1. The lowest BCUT2D eigenvalue weighted by atomic mass is 10.0. The van der Waals surface area contributed by atoms with E-state index < -0.39 is 4.92 Å². The zero-order chi connectivity index (χ0) is 19.9. The molecule has 1 aromatic heterocycles. The van der Waals surface area contributed by atoms with Gasteiger partial charge in [-0.2, -0.15) is 0 Å². The quantitative estimate of drug-likeness (QED) is 0.549. The summed E-state index contributed by atoms with van der Waals surface area (Å²) in [6, 6.07) is 9.54. The molecule has 0 bridgehead atoms. The van der Waals surface area contributed by atoms with Crippen molar-refractivity contribution in [3.63, 3.8) is 0 Å². The first kappa shape index (κ1) is 19.9. The van der Waals surface area contributed by atoms with Gasteiger partial charge in [-0.3, -0.25) is 15.0 Å². The first-order valence-corrected chi connectivity index (χ1v) is 9.48. The number of nitrogens with zero attached hydrogens (tertiary/aromatic N) is 3. The molecule has 1 fully saturated rings. The highest BCUT2D eigenvalue weighted by Gasteiger charge is 2.20. The van der Waals surface area contributed by atoms with Crippen molar-refractivity contribution < 1.29 is 14.4 Å². The van der Waals surface area contributed by atoms with Crippen molar-refractivity contribution in [3.05, 3.63) is 52.2 Å². The van der Waals surface area contributed by atoms with Gasteiger partial charge in [-0.05, 0) is 43.5 Å². The number of nitrogens with one attached hydrogen (secondary N) is 1. The van der Waals surface area contributed by atoms with E-state index in [1.807, 2.05) is 19.1 Å². The molecule has 2 heterocycles. The number of nitro groups is 1. The molecule has 0 unspecified atom stereocenters. The summed E-state index contributed by atoms with van der Waals surface area (Å²) in [6.45, 7) is 5.38. The lowest BCUT2D eigenvalue weighted by Gasteiger charge is -2.32. The smallest absolute Gasteiger partial charge is 0.287 e. The van der Waals surface area contributed by atoms with Crippen LogP contribution in [0, 0.1) is 10.1 Å². The number of piperidine rings is 1. The molecule has 2 aromatic rings. The van der Waals surface area contributed by atoms with Crippen molar-refractivity contribution in [1.82, 2.24) is 9.88 Å². The molecule has 8 heteroatoms. The SMILES string of the molecule is CCOc1cc(CN2CCC(Nc3ccc([N+](=O)[O-])cn3)CC2)ccc1OC. The monoisotopic (exact) mass is 386 g/mol. The molecule has 8 nitrogen and oxygen atoms in total. The summed E-state index contributed by atoms with van der Waals surface area (Å²) in [5, 5.41) is 14.1. The minimum Gasteiger partial charge on any atom is -0.493 e. The van der Waals surface area contributed by atoms with E-state index in [2.05, 4.69) is 21.3 Å². The van der Waals surface area contributed by atoms with Gasteiger partial charge in [0, 0.05) is 31.7 Å². The minimum absolute atomic E-state index is 0.00582. The zero-order valence-corrected chi connectivity index (χ0v) is 16.3. The topological polar surface area (TPSA) is 89.8 Å². The maximum absolute atomic E-state index is 10.7. The molecule has 3 rings (SSSR count). The van der Waals surface area contributed by atoms with Crippen LogP contribution in [0.5, 0.6) is 11.5 Å². The normalized spacial score (nSPS) is 15.2. The van der Waals surface area contributed by atoms with Crippen molar-refractivity contribution in [2.45, 2.75) is 32.4 Å². The Hall–Kier alpha value is -2.87. The van der Waals surface area contributed by atoms with Gasteiger partial charge in [0.2, 0.25) is 0 Å². The van der Waals surface area contributed by atoms with Crippen LogP contribution < -0.4 is 14.8 Å². The van der Waals surface area contributed by atoms with Gasteiger partial charge < -0.3 is 14.8 Å². The van der Waals surface area contributed by atoms with Crippen LogP contribution in [0.25, 0.3) is 0 Å². The Morgan fingerprint density at radius 2 is 2.04 bits per heavy atom. The fraction of sp³-hybridized carbons (Fsp3) is 0.450. The molecule has 0 aliphatic carbocycles. The first-order valence-electron chi connectivity index (χ1n) is 9.48. The Balaban J connectivity index is 1.51. The highest BCUT2D eigenvalue weighted by Crippen LogP contribution is 2.29. The number of ether oxygens (including phenoxy) is 2. The van der Waals surface area contributed by atoms with Crippen LogP contribution in [0.2, 0.25) is 0 Å². The first-order chi connectivity index (χ1) is 13.6. The number of hydrogen-bond donors (Lipinski definition) is 1. The lowest BCUT2D eigenvalue weighted by molar-refractivity contribution is -0.385. The maximum atomic E-state index is 10.7. The summed E-state index contributed by atoms with van der Waals surface area (Å²) < 4.78 is 11.0. The second-order valence-electron chi connectivity index (χ2n) is 6.77. The molecule has 0 atom stereocenters. The Morgan fingerprint density at radius 1 is 1.25 bits per heavy atom. The fourth-order valence-electron chi connectivity index (χ4n) is 3.37. The molecule has 1 saturated heterocycles. The average Bonchev–Trinajstić information content (AvgIpc) is 2.70. The summed E-state index contributed by atoms with van der Waals surface area (Å²) in [4.78, 5) is 16.8. The summed E-state index contributed by atoms with van der Waals surface area (Å²) in [5.41, 5.74) is 1.21. The predicted octanol–water partition coefficient (Wildman–Crippen LogP) is 3.47. The Morgan fingerprint density at radius 3 is 2.64 bits per heavy atom. The average molecular weight is 386 g/mol. The standard InChI is InChI=1S/C20H26N4O4/c1-3-28-19-12-15(4-6-18(19)27-2)14-23-10-8-16(9-11-23)22-20-7-5-17(13-21-20)24(25)26/h4-7,12-13,16H,3,8-11,14H2,1-2H3,(H,21,22). The van der Waals surface area contributed by atoms with Gasteiger partial charge in [-0.1, -0.05) is 6.07 Å². The number of hydrogen-bond acceptors (Lipinski definition) is 7. The highest BCUT2D eigenvalue weighted by atomic mass is 16.6.